The van der Waals surface area contributed by atoms with Crippen LogP contribution in [-0.4, -0.2) is 7.11 Å². The highest BCUT2D eigenvalue weighted by molar-refractivity contribution is 5.98. The highest BCUT2D eigenvalue weighted by Crippen LogP contribution is 2.25. The van der Waals surface area contributed by atoms with E-state index in [1.807, 2.05) is 12.1 Å². The molecule has 0 unspecified atom stereocenters. The van der Waals surface area contributed by atoms with Gasteiger partial charge < -0.3 is 4.74 Å². The lowest BCUT2D eigenvalue weighted by molar-refractivity contribution is 0.415. The lowest BCUT2D eigenvalue weighted by Gasteiger charge is -2.04. The van der Waals surface area contributed by atoms with Crippen LogP contribution in [0.5, 0.6) is 5.75 Å². The van der Waals surface area contributed by atoms with Crippen molar-refractivity contribution in [3.8, 4) is 5.75 Å². The van der Waals surface area contributed by atoms with Gasteiger partial charge in [-0.25, -0.2) is 0 Å². The Bertz CT molecular complexity index is 656. The maximum atomic E-state index is 5.20. The van der Waals surface area contributed by atoms with E-state index in [9.17, 15) is 0 Å². The third-order valence-electron chi connectivity index (χ3n) is 2.82. The zero-order valence-electron chi connectivity index (χ0n) is 9.03. The molecule has 0 bridgehead atoms. The summed E-state index contributed by atoms with van der Waals surface area (Å²) in [5.74, 6) is 0.850. The molecule has 0 heterocycles. The highest BCUT2D eigenvalue weighted by Gasteiger charge is 1.99. The van der Waals surface area contributed by atoms with Gasteiger partial charge in [0.1, 0.15) is 5.75 Å². The molecule has 0 aliphatic heterocycles. The molecule has 0 fully saturated rings. The van der Waals surface area contributed by atoms with Crippen LogP contribution in [0.25, 0.3) is 21.5 Å². The average Bonchev–Trinajstić information content (AvgIpc) is 2.35. The van der Waals surface area contributed by atoms with Crippen LogP contribution in [0.4, 0.5) is 0 Å². The number of benzene rings is 3. The molecule has 0 atom stereocenters. The fourth-order valence-electron chi connectivity index (χ4n) is 1.96. The third kappa shape index (κ3) is 1.41. The van der Waals surface area contributed by atoms with E-state index in [2.05, 4.69) is 42.5 Å². The average molecular weight is 207 g/mol. The van der Waals surface area contributed by atoms with E-state index < -0.39 is 0 Å². The summed E-state index contributed by atoms with van der Waals surface area (Å²) in [4.78, 5) is 0. The Kier molecular flexibility index (Phi) is 2.03. The van der Waals surface area contributed by atoms with Gasteiger partial charge in [0.2, 0.25) is 0 Å². The second-order valence-electron chi connectivity index (χ2n) is 3.83. The molecule has 0 aliphatic carbocycles. The maximum Gasteiger partial charge on any atom is 0.120 e. The predicted octanol–water partition coefficient (Wildman–Crippen LogP) is 3.80. The van der Waals surface area contributed by atoms with Gasteiger partial charge in [0.05, 0.1) is 7.11 Å². The Morgan fingerprint density at radius 1 is 0.938 bits per heavy atom. The van der Waals surface area contributed by atoms with E-state index in [0.29, 0.717) is 0 Å². The third-order valence-corrected chi connectivity index (χ3v) is 2.82. The van der Waals surface area contributed by atoms with Crippen LogP contribution in [0.15, 0.2) is 48.5 Å². The first kappa shape index (κ1) is 9.22. The fourth-order valence-corrected chi connectivity index (χ4v) is 1.96. The van der Waals surface area contributed by atoms with Gasteiger partial charge in [0.25, 0.3) is 0 Å². The van der Waals surface area contributed by atoms with Crippen molar-refractivity contribution in [2.24, 2.45) is 0 Å². The van der Waals surface area contributed by atoms with Gasteiger partial charge in [-0.1, -0.05) is 24.3 Å². The van der Waals surface area contributed by atoms with Crippen molar-refractivity contribution in [1.82, 2.24) is 0 Å². The molecule has 0 saturated heterocycles. The van der Waals surface area contributed by atoms with Crippen LogP contribution in [0.2, 0.25) is 0 Å². The van der Waals surface area contributed by atoms with Crippen molar-refractivity contribution in [2.45, 2.75) is 0 Å². The van der Waals surface area contributed by atoms with Gasteiger partial charge in [-0.15, -0.1) is 0 Å². The van der Waals surface area contributed by atoms with Crippen molar-refractivity contribution in [2.75, 3.05) is 7.11 Å². The topological polar surface area (TPSA) is 9.23 Å². The second-order valence-corrected chi connectivity index (χ2v) is 3.83. The van der Waals surface area contributed by atoms with E-state index >= 15 is 0 Å². The molecule has 1 heteroatoms. The second kappa shape index (κ2) is 3.53. The fraction of sp³-hybridized carbons (Fsp3) is 0.0667. The van der Waals surface area contributed by atoms with Gasteiger partial charge in [0.15, 0.2) is 0 Å². The van der Waals surface area contributed by atoms with Crippen LogP contribution in [-0.2, 0) is 0 Å². The molecular weight excluding hydrogens is 196 g/mol. The number of hydrogen-bond acceptors (Lipinski definition) is 1. The van der Waals surface area contributed by atoms with E-state index in [1.54, 1.807) is 7.11 Å². The molecule has 0 spiro atoms. The summed E-state index contributed by atoms with van der Waals surface area (Å²) in [5.41, 5.74) is 0. The van der Waals surface area contributed by atoms with Crippen molar-refractivity contribution >= 4 is 21.5 Å². The first-order valence-corrected chi connectivity index (χ1v) is 5.25. The lowest BCUT2D eigenvalue weighted by Crippen LogP contribution is -1.83. The van der Waals surface area contributed by atoms with Crippen molar-refractivity contribution < 1.29 is 4.74 Å². The molecule has 3 aromatic rings. The number of rotatable bonds is 1. The van der Waals surface area contributed by atoms with Crippen LogP contribution in [0.3, 0.4) is 0 Å². The quantitative estimate of drug-likeness (QED) is 0.551. The van der Waals surface area contributed by atoms with Gasteiger partial charge in [-0.05, 0) is 51.9 Å². The minimum atomic E-state index is 0.850. The van der Waals surface area contributed by atoms with Crippen molar-refractivity contribution in [3.63, 3.8) is 0 Å². The molecule has 0 aliphatic rings. The van der Waals surface area contributed by atoms with Crippen LogP contribution in [0, 0.1) is 6.07 Å². The summed E-state index contributed by atoms with van der Waals surface area (Å²) >= 11 is 0. The summed E-state index contributed by atoms with van der Waals surface area (Å²) in [5, 5.41) is 4.78. The normalized spacial score (nSPS) is 10.8. The molecule has 77 valence electrons. The van der Waals surface area contributed by atoms with E-state index in [-0.39, 0.29) is 0 Å². The number of methoxy groups -OCH3 is 1. The van der Waals surface area contributed by atoms with E-state index in [1.165, 1.54) is 10.8 Å². The molecule has 1 nitrogen and oxygen atoms in total. The Hall–Kier alpha value is -2.02. The summed E-state index contributed by atoms with van der Waals surface area (Å²) in [6, 6.07) is 19.8. The van der Waals surface area contributed by atoms with E-state index in [4.69, 9.17) is 4.74 Å². The Morgan fingerprint density at radius 2 is 1.69 bits per heavy atom. The van der Waals surface area contributed by atoms with Crippen LogP contribution >= 0.6 is 0 Å². The van der Waals surface area contributed by atoms with E-state index in [0.717, 1.165) is 16.5 Å². The SMILES string of the molecule is COc1c[c]c2cc3ccccc3cc2c1. The smallest absolute Gasteiger partial charge is 0.120 e. The lowest BCUT2D eigenvalue weighted by atomic mass is 10.0. The largest absolute Gasteiger partial charge is 0.497 e. The summed E-state index contributed by atoms with van der Waals surface area (Å²) in [6.45, 7) is 0. The molecule has 3 rings (SSSR count). The zero-order chi connectivity index (χ0) is 11.0. The van der Waals surface area contributed by atoms with Crippen LogP contribution < -0.4 is 4.74 Å². The maximum absolute atomic E-state index is 5.20. The molecule has 16 heavy (non-hydrogen) atoms. The molecule has 0 N–H and O–H groups in total. The molecule has 0 aromatic heterocycles. The summed E-state index contributed by atoms with van der Waals surface area (Å²) in [7, 11) is 1.68. The highest BCUT2D eigenvalue weighted by atomic mass is 16.5. The number of fused-ring (bicyclic) bond motifs is 2. The minimum Gasteiger partial charge on any atom is -0.497 e. The summed E-state index contributed by atoms with van der Waals surface area (Å²) in [6.07, 6.45) is 0. The molecule has 0 amide bonds. The number of ether oxygens (including phenoxy) is 1. The molecule has 3 aromatic carbocycles. The summed E-state index contributed by atoms with van der Waals surface area (Å²) < 4.78 is 5.20. The first-order chi connectivity index (χ1) is 7.86. The minimum absolute atomic E-state index is 0.850. The molecule has 1 radical (unpaired) electrons. The van der Waals surface area contributed by atoms with Crippen molar-refractivity contribution in [1.29, 1.82) is 0 Å². The predicted molar refractivity (Wildman–Crippen MR) is 66.8 cm³/mol. The van der Waals surface area contributed by atoms with Crippen LogP contribution in [0.1, 0.15) is 0 Å². The van der Waals surface area contributed by atoms with Gasteiger partial charge in [-0.2, -0.15) is 0 Å². The monoisotopic (exact) mass is 207 g/mol. The Labute approximate surface area is 94.3 Å². The zero-order valence-corrected chi connectivity index (χ0v) is 9.03. The molecule has 0 saturated carbocycles. The van der Waals surface area contributed by atoms with Gasteiger partial charge >= 0.3 is 0 Å². The Morgan fingerprint density at radius 3 is 2.44 bits per heavy atom. The Balaban J connectivity index is 2.37. The molecular formula is C15H11O. The van der Waals surface area contributed by atoms with Gasteiger partial charge in [0, 0.05) is 0 Å². The van der Waals surface area contributed by atoms with Crippen molar-refractivity contribution in [3.05, 3.63) is 54.6 Å². The first-order valence-electron chi connectivity index (χ1n) is 5.25. The standard InChI is InChI=1S/C15H11O/c1-16-15-7-6-13-8-11-4-2-3-5-12(11)9-14(13)10-15/h2-5,7-10H,1H3. The van der Waals surface area contributed by atoms with Gasteiger partial charge in [-0.3, -0.25) is 0 Å². The number of hydrogen-bond donors (Lipinski definition) is 0.